The van der Waals surface area contributed by atoms with Crippen LogP contribution in [0, 0.1) is 19.8 Å². The van der Waals surface area contributed by atoms with E-state index in [1.54, 1.807) is 13.0 Å². The highest BCUT2D eigenvalue weighted by atomic mass is 35.5. The van der Waals surface area contributed by atoms with E-state index in [1.807, 2.05) is 13.0 Å². The van der Waals surface area contributed by atoms with Crippen LogP contribution in [0.5, 0.6) is 0 Å². The number of hydrogen-bond acceptors (Lipinski definition) is 5. The summed E-state index contributed by atoms with van der Waals surface area (Å²) < 4.78 is 14.6. The quantitative estimate of drug-likeness (QED) is 0.446. The van der Waals surface area contributed by atoms with Crippen molar-refractivity contribution in [1.29, 1.82) is 0 Å². The van der Waals surface area contributed by atoms with Crippen molar-refractivity contribution in [1.82, 2.24) is 25.2 Å². The lowest BCUT2D eigenvalue weighted by Crippen LogP contribution is -2.42. The van der Waals surface area contributed by atoms with Crippen molar-refractivity contribution >= 4 is 34.2 Å². The number of benzene rings is 1. The van der Waals surface area contributed by atoms with Gasteiger partial charge in [0.05, 0.1) is 28.6 Å². The van der Waals surface area contributed by atoms with Crippen molar-refractivity contribution in [3.63, 3.8) is 0 Å². The molecule has 1 aliphatic rings. The third kappa shape index (κ3) is 5.14. The zero-order valence-electron chi connectivity index (χ0n) is 21.1. The number of aryl methyl sites for hydroxylation is 1. The summed E-state index contributed by atoms with van der Waals surface area (Å²) in [7, 11) is 4.29. The Bertz CT molecular complexity index is 1220. The van der Waals surface area contributed by atoms with Gasteiger partial charge in [-0.2, -0.15) is 4.39 Å². The van der Waals surface area contributed by atoms with Crippen LogP contribution in [0.2, 0.25) is 5.02 Å². The highest BCUT2D eigenvalue weighted by molar-refractivity contribution is 6.31. The molecule has 4 rings (SSSR count). The van der Waals surface area contributed by atoms with Gasteiger partial charge >= 0.3 is 0 Å². The number of pyridine rings is 1. The number of nitrogens with one attached hydrogen (secondary N) is 2. The van der Waals surface area contributed by atoms with Crippen LogP contribution in [-0.2, 0) is 6.54 Å². The highest BCUT2D eigenvalue weighted by Gasteiger charge is 2.28. The molecular weight excluding hydrogens is 467 g/mol. The standard InChI is InChI=1S/C26H34ClFN6O/c1-6-34(19-9-7-18(8-10-19)33(4)5)22-12-17(27)11-20(15(22)2)26(35)29-13-21-24-23(30-14-31-24)16(3)32-25(21)28/h11-12,14,18-19H,6-10,13H2,1-5H3,(H,29,35)(H,30,31). The second kappa shape index (κ2) is 10.5. The number of anilines is 1. The van der Waals surface area contributed by atoms with E-state index in [9.17, 15) is 9.18 Å². The maximum atomic E-state index is 14.6. The summed E-state index contributed by atoms with van der Waals surface area (Å²) >= 11 is 6.50. The number of aromatic amines is 1. The Balaban J connectivity index is 1.56. The van der Waals surface area contributed by atoms with Crippen LogP contribution in [0.3, 0.4) is 0 Å². The van der Waals surface area contributed by atoms with E-state index in [4.69, 9.17) is 11.6 Å². The number of carbonyl (C=O) groups excluding carboxylic acids is 1. The predicted molar refractivity (Wildman–Crippen MR) is 139 cm³/mol. The van der Waals surface area contributed by atoms with Gasteiger partial charge in [-0.15, -0.1) is 0 Å². The topological polar surface area (TPSA) is 77.1 Å². The summed E-state index contributed by atoms with van der Waals surface area (Å²) in [5.41, 5.74) is 4.27. The molecule has 1 aliphatic carbocycles. The van der Waals surface area contributed by atoms with Crippen LogP contribution in [0.1, 0.15) is 59.8 Å². The molecule has 35 heavy (non-hydrogen) atoms. The first-order valence-electron chi connectivity index (χ1n) is 12.2. The Morgan fingerprint density at radius 3 is 2.54 bits per heavy atom. The summed E-state index contributed by atoms with van der Waals surface area (Å²) in [6, 6.07) is 4.65. The van der Waals surface area contributed by atoms with Gasteiger partial charge in [-0.3, -0.25) is 4.79 Å². The van der Waals surface area contributed by atoms with Crippen LogP contribution >= 0.6 is 11.6 Å². The van der Waals surface area contributed by atoms with Crippen molar-refractivity contribution < 1.29 is 9.18 Å². The van der Waals surface area contributed by atoms with E-state index in [-0.39, 0.29) is 18.0 Å². The molecule has 0 spiro atoms. The number of amides is 1. The molecule has 0 atom stereocenters. The molecule has 188 valence electrons. The van der Waals surface area contributed by atoms with Gasteiger partial charge in [-0.25, -0.2) is 9.97 Å². The molecule has 1 fully saturated rings. The van der Waals surface area contributed by atoms with Gasteiger partial charge < -0.3 is 20.1 Å². The molecule has 0 unspecified atom stereocenters. The van der Waals surface area contributed by atoms with E-state index in [0.29, 0.717) is 39.4 Å². The van der Waals surface area contributed by atoms with Crippen molar-refractivity contribution in [2.45, 2.75) is 65.1 Å². The zero-order valence-corrected chi connectivity index (χ0v) is 21.8. The fourth-order valence-corrected chi connectivity index (χ4v) is 5.51. The molecule has 0 bridgehead atoms. The van der Waals surface area contributed by atoms with Gasteiger partial charge in [-0.1, -0.05) is 11.6 Å². The number of rotatable bonds is 7. The van der Waals surface area contributed by atoms with Crippen LogP contribution < -0.4 is 10.2 Å². The Labute approximate surface area is 211 Å². The molecule has 9 heteroatoms. The third-order valence-corrected chi connectivity index (χ3v) is 7.52. The summed E-state index contributed by atoms with van der Waals surface area (Å²) in [5, 5.41) is 3.36. The molecule has 1 saturated carbocycles. The number of carbonyl (C=O) groups is 1. The number of fused-ring (bicyclic) bond motifs is 1. The second-order valence-corrected chi connectivity index (χ2v) is 10.0. The summed E-state index contributed by atoms with van der Waals surface area (Å²) in [6.07, 6.45) is 6.01. The number of imidazole rings is 1. The van der Waals surface area contributed by atoms with Crippen molar-refractivity contribution in [2.75, 3.05) is 25.5 Å². The van der Waals surface area contributed by atoms with E-state index in [1.165, 1.54) is 6.33 Å². The number of aromatic nitrogens is 3. The normalized spacial score (nSPS) is 18.3. The minimum Gasteiger partial charge on any atom is -0.369 e. The minimum absolute atomic E-state index is 0.0212. The zero-order chi connectivity index (χ0) is 25.3. The summed E-state index contributed by atoms with van der Waals surface area (Å²) in [4.78, 5) is 29.1. The first-order valence-corrected chi connectivity index (χ1v) is 12.6. The van der Waals surface area contributed by atoms with E-state index >= 15 is 0 Å². The Morgan fingerprint density at radius 2 is 1.89 bits per heavy atom. The van der Waals surface area contributed by atoms with Gasteiger partial charge in [0, 0.05) is 41.4 Å². The van der Waals surface area contributed by atoms with Crippen molar-refractivity contribution in [3.05, 3.63) is 51.8 Å². The maximum absolute atomic E-state index is 14.6. The predicted octanol–water partition coefficient (Wildman–Crippen LogP) is 5.00. The Hall–Kier alpha value is -2.71. The highest BCUT2D eigenvalue weighted by Crippen LogP contribution is 2.34. The molecule has 1 aromatic carbocycles. The van der Waals surface area contributed by atoms with Crippen molar-refractivity contribution in [2.24, 2.45) is 0 Å². The first-order chi connectivity index (χ1) is 16.7. The van der Waals surface area contributed by atoms with Gasteiger partial charge in [0.25, 0.3) is 5.91 Å². The number of nitrogens with zero attached hydrogens (tertiary/aromatic N) is 4. The van der Waals surface area contributed by atoms with Crippen LogP contribution in [0.15, 0.2) is 18.5 Å². The Kier molecular flexibility index (Phi) is 7.62. The van der Waals surface area contributed by atoms with Crippen LogP contribution in [0.4, 0.5) is 10.1 Å². The molecular formula is C26H34ClFN6O. The Morgan fingerprint density at radius 1 is 1.20 bits per heavy atom. The summed E-state index contributed by atoms with van der Waals surface area (Å²) in [6.45, 7) is 6.62. The summed E-state index contributed by atoms with van der Waals surface area (Å²) in [5.74, 6) is -0.932. The van der Waals surface area contributed by atoms with Gasteiger partial charge in [0.2, 0.25) is 5.95 Å². The van der Waals surface area contributed by atoms with Crippen LogP contribution in [0.25, 0.3) is 11.0 Å². The molecule has 0 aliphatic heterocycles. The van der Waals surface area contributed by atoms with E-state index in [0.717, 1.165) is 43.5 Å². The third-order valence-electron chi connectivity index (χ3n) is 7.30. The maximum Gasteiger partial charge on any atom is 0.251 e. The molecule has 2 heterocycles. The molecule has 1 amide bonds. The fraction of sp³-hybridized carbons (Fsp3) is 0.500. The lowest BCUT2D eigenvalue weighted by Gasteiger charge is -2.40. The number of hydrogen-bond donors (Lipinski definition) is 2. The van der Waals surface area contributed by atoms with E-state index in [2.05, 4.69) is 51.1 Å². The van der Waals surface area contributed by atoms with Gasteiger partial charge in [-0.05, 0) is 78.2 Å². The molecule has 0 radical (unpaired) electrons. The molecule has 0 saturated heterocycles. The van der Waals surface area contributed by atoms with Gasteiger partial charge in [0.15, 0.2) is 0 Å². The van der Waals surface area contributed by atoms with Crippen molar-refractivity contribution in [3.8, 4) is 0 Å². The van der Waals surface area contributed by atoms with Crippen LogP contribution in [-0.4, -0.2) is 58.5 Å². The molecule has 2 aromatic heterocycles. The number of H-pyrrole nitrogens is 1. The largest absolute Gasteiger partial charge is 0.369 e. The fourth-order valence-electron chi connectivity index (χ4n) is 5.30. The number of halogens is 2. The average Bonchev–Trinajstić information content (AvgIpc) is 3.32. The first kappa shape index (κ1) is 25.4. The molecule has 2 N–H and O–H groups in total. The molecule has 3 aromatic rings. The molecule has 7 nitrogen and oxygen atoms in total. The SMILES string of the molecule is CCN(c1cc(Cl)cc(C(=O)NCc2c(F)nc(C)c3[nH]cnc23)c1C)C1CCC(N(C)C)CC1. The average molecular weight is 501 g/mol. The monoisotopic (exact) mass is 500 g/mol. The van der Waals surface area contributed by atoms with E-state index < -0.39 is 5.95 Å². The lowest BCUT2D eigenvalue weighted by atomic mass is 9.89. The van der Waals surface area contributed by atoms with Gasteiger partial charge in [0.1, 0.15) is 0 Å². The minimum atomic E-state index is -0.628. The lowest BCUT2D eigenvalue weighted by molar-refractivity contribution is 0.0950. The smallest absolute Gasteiger partial charge is 0.251 e. The second-order valence-electron chi connectivity index (χ2n) is 9.58.